The van der Waals surface area contributed by atoms with Gasteiger partial charge in [0.15, 0.2) is 12.4 Å². The van der Waals surface area contributed by atoms with Crippen molar-refractivity contribution in [3.63, 3.8) is 0 Å². The maximum Gasteiger partial charge on any atom is 0.313 e. The topological polar surface area (TPSA) is 87.3 Å². The lowest BCUT2D eigenvalue weighted by Crippen LogP contribution is -2.12. The molecule has 2 aromatic rings. The second-order valence-electron chi connectivity index (χ2n) is 4.29. The van der Waals surface area contributed by atoms with Crippen molar-refractivity contribution in [1.82, 2.24) is 9.78 Å². The number of rotatable bonds is 5. The summed E-state index contributed by atoms with van der Waals surface area (Å²) in [5.41, 5.74) is 0.774. The highest BCUT2D eigenvalue weighted by Crippen LogP contribution is 2.30. The highest BCUT2D eigenvalue weighted by molar-refractivity contribution is 5.96. The Morgan fingerprint density at radius 2 is 2.25 bits per heavy atom. The summed E-state index contributed by atoms with van der Waals surface area (Å²) in [6, 6.07) is 4.74. The lowest BCUT2D eigenvalue weighted by atomic mass is 10.2. The van der Waals surface area contributed by atoms with Crippen molar-refractivity contribution in [3.05, 3.63) is 51.8 Å². The summed E-state index contributed by atoms with van der Waals surface area (Å²) >= 11 is 0. The molecule has 7 nitrogen and oxygen atoms in total. The predicted molar refractivity (Wildman–Crippen MR) is 70.9 cm³/mol. The van der Waals surface area contributed by atoms with Gasteiger partial charge in [0, 0.05) is 18.8 Å². The molecule has 0 aliphatic rings. The van der Waals surface area contributed by atoms with Gasteiger partial charge < -0.3 is 4.74 Å². The second-order valence-corrected chi connectivity index (χ2v) is 4.29. The van der Waals surface area contributed by atoms with Gasteiger partial charge in [-0.3, -0.25) is 19.6 Å². The maximum atomic E-state index is 11.8. The summed E-state index contributed by atoms with van der Waals surface area (Å²) < 4.78 is 6.78. The van der Waals surface area contributed by atoms with E-state index < -0.39 is 4.92 Å². The van der Waals surface area contributed by atoms with E-state index in [-0.39, 0.29) is 23.8 Å². The first-order valence-electron chi connectivity index (χ1n) is 5.87. The Kier molecular flexibility index (Phi) is 3.79. The summed E-state index contributed by atoms with van der Waals surface area (Å²) in [7, 11) is 1.70. The highest BCUT2D eigenvalue weighted by Gasteiger charge is 2.19. The summed E-state index contributed by atoms with van der Waals surface area (Å²) in [5, 5.41) is 14.9. The van der Waals surface area contributed by atoms with E-state index in [9.17, 15) is 14.9 Å². The number of nitrogens with zero attached hydrogens (tertiary/aromatic N) is 3. The smallest absolute Gasteiger partial charge is 0.313 e. The number of hydrogen-bond donors (Lipinski definition) is 0. The molecule has 0 saturated carbocycles. The number of para-hydroxylation sites is 1. The van der Waals surface area contributed by atoms with Crippen molar-refractivity contribution in [2.24, 2.45) is 7.05 Å². The Morgan fingerprint density at radius 3 is 2.85 bits per heavy atom. The molecule has 0 spiro atoms. The van der Waals surface area contributed by atoms with Gasteiger partial charge in [-0.25, -0.2) is 0 Å². The van der Waals surface area contributed by atoms with Crippen LogP contribution in [0.5, 0.6) is 5.75 Å². The van der Waals surface area contributed by atoms with E-state index in [1.54, 1.807) is 32.3 Å². The van der Waals surface area contributed by atoms with Crippen LogP contribution in [0.4, 0.5) is 5.69 Å². The van der Waals surface area contributed by atoms with E-state index in [1.165, 1.54) is 16.9 Å². The van der Waals surface area contributed by atoms with Crippen molar-refractivity contribution in [1.29, 1.82) is 0 Å². The van der Waals surface area contributed by atoms with E-state index in [0.717, 1.165) is 0 Å². The van der Waals surface area contributed by atoms with Crippen LogP contribution in [0.15, 0.2) is 30.6 Å². The highest BCUT2D eigenvalue weighted by atomic mass is 16.6. The molecule has 7 heteroatoms. The number of hydrogen-bond acceptors (Lipinski definition) is 5. The van der Waals surface area contributed by atoms with Gasteiger partial charge in [-0.1, -0.05) is 12.1 Å². The summed E-state index contributed by atoms with van der Waals surface area (Å²) in [6.45, 7) is 1.35. The molecule has 0 atom stereocenters. The molecule has 0 saturated heterocycles. The molecule has 0 amide bonds. The summed E-state index contributed by atoms with van der Waals surface area (Å²) in [4.78, 5) is 22.3. The van der Waals surface area contributed by atoms with Crippen LogP contribution in [0.1, 0.15) is 15.9 Å². The average molecular weight is 275 g/mol. The molecule has 0 unspecified atom stereocenters. The molecular weight excluding hydrogens is 262 g/mol. The van der Waals surface area contributed by atoms with Crippen molar-refractivity contribution in [2.75, 3.05) is 6.61 Å². The molecule has 1 aromatic carbocycles. The van der Waals surface area contributed by atoms with Crippen LogP contribution in [0.3, 0.4) is 0 Å². The monoisotopic (exact) mass is 275 g/mol. The van der Waals surface area contributed by atoms with Gasteiger partial charge in [-0.2, -0.15) is 5.10 Å². The average Bonchev–Trinajstić information content (AvgIpc) is 2.82. The lowest BCUT2D eigenvalue weighted by molar-refractivity contribution is -0.386. The Hall–Kier alpha value is -2.70. The number of aryl methyl sites for hydroxylation is 2. The number of ether oxygens (including phenoxy) is 1. The molecule has 2 rings (SSSR count). The van der Waals surface area contributed by atoms with Crippen molar-refractivity contribution in [2.45, 2.75) is 6.92 Å². The minimum Gasteiger partial charge on any atom is -0.478 e. The maximum absolute atomic E-state index is 11.8. The standard InChI is InChI=1S/C13H13N3O4/c1-9-4-3-5-12(13(9)16(18)19)20-8-11(17)10-6-14-15(2)7-10/h3-7H,8H2,1-2H3. The number of nitro benzene ring substituents is 1. The van der Waals surface area contributed by atoms with E-state index >= 15 is 0 Å². The fourth-order valence-corrected chi connectivity index (χ4v) is 1.77. The minimum atomic E-state index is -0.515. The Balaban J connectivity index is 2.13. The molecular formula is C13H13N3O4. The number of aromatic nitrogens is 2. The Morgan fingerprint density at radius 1 is 1.50 bits per heavy atom. The molecule has 0 aliphatic carbocycles. The Labute approximate surface area is 114 Å². The van der Waals surface area contributed by atoms with Gasteiger partial charge in [0.1, 0.15) is 0 Å². The zero-order valence-corrected chi connectivity index (χ0v) is 11.1. The van der Waals surface area contributed by atoms with Gasteiger partial charge in [0.2, 0.25) is 5.78 Å². The summed E-state index contributed by atoms with van der Waals surface area (Å²) in [5.74, 6) is -0.193. The van der Waals surface area contributed by atoms with Crippen molar-refractivity contribution in [3.8, 4) is 5.75 Å². The lowest BCUT2D eigenvalue weighted by Gasteiger charge is -2.06. The van der Waals surface area contributed by atoms with E-state index in [0.29, 0.717) is 11.1 Å². The van der Waals surface area contributed by atoms with Crippen LogP contribution in [0, 0.1) is 17.0 Å². The predicted octanol–water partition coefficient (Wildman–Crippen LogP) is 1.90. The molecule has 104 valence electrons. The quantitative estimate of drug-likeness (QED) is 0.472. The normalized spacial score (nSPS) is 10.3. The molecule has 0 fully saturated rings. The molecule has 20 heavy (non-hydrogen) atoms. The third kappa shape index (κ3) is 2.82. The van der Waals surface area contributed by atoms with Gasteiger partial charge in [0.05, 0.1) is 16.7 Å². The first-order chi connectivity index (χ1) is 9.49. The van der Waals surface area contributed by atoms with E-state index in [2.05, 4.69) is 5.10 Å². The third-order valence-electron chi connectivity index (χ3n) is 2.77. The third-order valence-corrected chi connectivity index (χ3v) is 2.77. The molecule has 0 aliphatic heterocycles. The van der Waals surface area contributed by atoms with Crippen LogP contribution in [0.2, 0.25) is 0 Å². The number of benzene rings is 1. The van der Waals surface area contributed by atoms with Gasteiger partial charge in [-0.15, -0.1) is 0 Å². The van der Waals surface area contributed by atoms with Crippen LogP contribution in [0.25, 0.3) is 0 Å². The number of ketones is 1. The number of nitro groups is 1. The number of carbonyl (C=O) groups excluding carboxylic acids is 1. The zero-order valence-electron chi connectivity index (χ0n) is 11.1. The van der Waals surface area contributed by atoms with E-state index in [1.807, 2.05) is 0 Å². The van der Waals surface area contributed by atoms with Crippen LogP contribution >= 0.6 is 0 Å². The first kappa shape index (κ1) is 13.7. The Bertz CT molecular complexity index is 663. The fraction of sp³-hybridized carbons (Fsp3) is 0.231. The molecule has 0 radical (unpaired) electrons. The first-order valence-corrected chi connectivity index (χ1v) is 5.87. The molecule has 0 N–H and O–H groups in total. The number of Topliss-reactive ketones (excluding diaryl/α,β-unsaturated/α-hetero) is 1. The minimum absolute atomic E-state index is 0.0900. The van der Waals surface area contributed by atoms with Crippen LogP contribution in [-0.4, -0.2) is 27.1 Å². The second kappa shape index (κ2) is 5.52. The van der Waals surface area contributed by atoms with Crippen LogP contribution in [-0.2, 0) is 7.05 Å². The largest absolute Gasteiger partial charge is 0.478 e. The number of carbonyl (C=O) groups is 1. The molecule has 1 aromatic heterocycles. The molecule has 0 bridgehead atoms. The van der Waals surface area contributed by atoms with Gasteiger partial charge in [-0.05, 0) is 13.0 Å². The zero-order chi connectivity index (χ0) is 14.7. The summed E-state index contributed by atoms with van der Waals surface area (Å²) in [6.07, 6.45) is 2.99. The fourth-order valence-electron chi connectivity index (χ4n) is 1.77. The molecule has 1 heterocycles. The van der Waals surface area contributed by atoms with Gasteiger partial charge >= 0.3 is 5.69 Å². The van der Waals surface area contributed by atoms with Crippen molar-refractivity contribution < 1.29 is 14.5 Å². The van der Waals surface area contributed by atoms with Crippen LogP contribution < -0.4 is 4.74 Å². The van der Waals surface area contributed by atoms with E-state index in [4.69, 9.17) is 4.74 Å². The van der Waals surface area contributed by atoms with Gasteiger partial charge in [0.25, 0.3) is 0 Å². The SMILES string of the molecule is Cc1cccc(OCC(=O)c2cnn(C)c2)c1[N+](=O)[O-]. The van der Waals surface area contributed by atoms with Crippen molar-refractivity contribution >= 4 is 11.5 Å².